The fourth-order valence-electron chi connectivity index (χ4n) is 2.13. The highest BCUT2D eigenvalue weighted by molar-refractivity contribution is 5.54. The third kappa shape index (κ3) is 3.24. The van der Waals surface area contributed by atoms with Crippen molar-refractivity contribution in [1.82, 2.24) is 4.98 Å². The predicted molar refractivity (Wildman–Crippen MR) is 86.2 cm³/mol. The number of aromatic nitrogens is 1. The zero-order valence-corrected chi connectivity index (χ0v) is 11.5. The highest BCUT2D eigenvalue weighted by Crippen LogP contribution is 2.15. The summed E-state index contributed by atoms with van der Waals surface area (Å²) in [5.41, 5.74) is 5.36. The molecule has 0 spiro atoms. The Morgan fingerprint density at radius 2 is 2.00 bits per heavy atom. The molecule has 0 aliphatic carbocycles. The maximum Gasteiger partial charge on any atom is 0.0626 e. The van der Waals surface area contributed by atoms with Crippen LogP contribution in [-0.4, -0.2) is 4.98 Å². The Balaban J connectivity index is 2.19. The van der Waals surface area contributed by atoms with Crippen molar-refractivity contribution in [3.63, 3.8) is 0 Å². The van der Waals surface area contributed by atoms with Gasteiger partial charge in [-0.25, -0.2) is 0 Å². The van der Waals surface area contributed by atoms with Crippen molar-refractivity contribution in [2.24, 2.45) is 0 Å². The standard InChI is InChI=1S/C19H17N/c1-4-15-8-7-9-16(12-15)10-11-18-13-19(6-3)20-14-17(18)5-2/h1,5-9,12-14H,2-3,10-11H2. The highest BCUT2D eigenvalue weighted by Gasteiger charge is 2.03. The molecule has 0 bridgehead atoms. The molecular weight excluding hydrogens is 242 g/mol. The third-order valence-corrected chi connectivity index (χ3v) is 3.25. The lowest BCUT2D eigenvalue weighted by molar-refractivity contribution is 0.950. The van der Waals surface area contributed by atoms with Crippen molar-refractivity contribution >= 4 is 12.2 Å². The van der Waals surface area contributed by atoms with Crippen LogP contribution in [0.4, 0.5) is 0 Å². The molecule has 1 aromatic heterocycles. The first-order valence-electron chi connectivity index (χ1n) is 6.56. The van der Waals surface area contributed by atoms with Gasteiger partial charge in [0, 0.05) is 11.8 Å². The van der Waals surface area contributed by atoms with E-state index in [1.54, 1.807) is 6.08 Å². The summed E-state index contributed by atoms with van der Waals surface area (Å²) in [4.78, 5) is 4.30. The first kappa shape index (κ1) is 13.8. The van der Waals surface area contributed by atoms with E-state index in [4.69, 9.17) is 6.42 Å². The number of pyridine rings is 1. The SMILES string of the molecule is C#Cc1cccc(CCc2cc(C=C)ncc2C=C)c1. The van der Waals surface area contributed by atoms with Crippen LogP contribution < -0.4 is 0 Å². The molecule has 0 fully saturated rings. The van der Waals surface area contributed by atoms with Crippen LogP contribution in [0.5, 0.6) is 0 Å². The molecule has 0 aliphatic rings. The van der Waals surface area contributed by atoms with Gasteiger partial charge in [0.15, 0.2) is 0 Å². The summed E-state index contributed by atoms with van der Waals surface area (Å²) in [6, 6.07) is 10.2. The van der Waals surface area contributed by atoms with Gasteiger partial charge in [0.2, 0.25) is 0 Å². The minimum atomic E-state index is 0.892. The Hall–Kier alpha value is -2.59. The van der Waals surface area contributed by atoms with Gasteiger partial charge in [0.05, 0.1) is 5.69 Å². The van der Waals surface area contributed by atoms with E-state index in [0.717, 1.165) is 29.7 Å². The molecule has 1 aromatic carbocycles. The lowest BCUT2D eigenvalue weighted by atomic mass is 9.99. The van der Waals surface area contributed by atoms with Crippen LogP contribution in [0.1, 0.15) is 27.9 Å². The van der Waals surface area contributed by atoms with E-state index in [1.807, 2.05) is 24.4 Å². The van der Waals surface area contributed by atoms with Gasteiger partial charge in [-0.05, 0) is 53.8 Å². The number of terminal acetylenes is 1. The van der Waals surface area contributed by atoms with Gasteiger partial charge in [0.1, 0.15) is 0 Å². The minimum Gasteiger partial charge on any atom is -0.256 e. The minimum absolute atomic E-state index is 0.892. The summed E-state index contributed by atoms with van der Waals surface area (Å²) in [7, 11) is 0. The van der Waals surface area contributed by atoms with E-state index in [9.17, 15) is 0 Å². The van der Waals surface area contributed by atoms with Crippen LogP contribution in [0.3, 0.4) is 0 Å². The highest BCUT2D eigenvalue weighted by atomic mass is 14.7. The number of hydrogen-bond donors (Lipinski definition) is 0. The Morgan fingerprint density at radius 3 is 2.70 bits per heavy atom. The van der Waals surface area contributed by atoms with E-state index in [0.29, 0.717) is 0 Å². The molecule has 0 saturated carbocycles. The van der Waals surface area contributed by atoms with Gasteiger partial charge in [-0.2, -0.15) is 0 Å². The normalized spacial score (nSPS) is 9.75. The van der Waals surface area contributed by atoms with Crippen LogP contribution in [0.25, 0.3) is 12.2 Å². The smallest absolute Gasteiger partial charge is 0.0626 e. The van der Waals surface area contributed by atoms with Crippen LogP contribution in [0.15, 0.2) is 49.7 Å². The lowest BCUT2D eigenvalue weighted by Crippen LogP contribution is -1.97. The maximum atomic E-state index is 5.43. The molecule has 0 radical (unpaired) electrons. The second-order valence-electron chi connectivity index (χ2n) is 4.56. The lowest BCUT2D eigenvalue weighted by Gasteiger charge is -2.07. The van der Waals surface area contributed by atoms with Crippen molar-refractivity contribution in [3.05, 3.63) is 77.6 Å². The monoisotopic (exact) mass is 259 g/mol. The first-order chi connectivity index (χ1) is 9.76. The summed E-state index contributed by atoms with van der Waals surface area (Å²) < 4.78 is 0. The van der Waals surface area contributed by atoms with E-state index >= 15 is 0 Å². The fourth-order valence-corrected chi connectivity index (χ4v) is 2.13. The molecule has 2 rings (SSSR count). The second kappa shape index (κ2) is 6.54. The molecule has 0 amide bonds. The van der Waals surface area contributed by atoms with E-state index in [-0.39, 0.29) is 0 Å². The number of nitrogens with zero attached hydrogens (tertiary/aromatic N) is 1. The van der Waals surface area contributed by atoms with Crippen LogP contribution in [0.2, 0.25) is 0 Å². The van der Waals surface area contributed by atoms with Gasteiger partial charge in [-0.15, -0.1) is 6.42 Å². The average molecular weight is 259 g/mol. The van der Waals surface area contributed by atoms with Gasteiger partial charge in [-0.1, -0.05) is 37.3 Å². The van der Waals surface area contributed by atoms with E-state index in [1.165, 1.54) is 11.1 Å². The van der Waals surface area contributed by atoms with Gasteiger partial charge < -0.3 is 0 Å². The molecule has 0 unspecified atom stereocenters. The summed E-state index contributed by atoms with van der Waals surface area (Å²) in [5, 5.41) is 0. The fraction of sp³-hybridized carbons (Fsp3) is 0.105. The molecule has 0 saturated heterocycles. The molecule has 0 atom stereocenters. The Kier molecular flexibility index (Phi) is 4.52. The third-order valence-electron chi connectivity index (χ3n) is 3.25. The van der Waals surface area contributed by atoms with Crippen molar-refractivity contribution in [2.75, 3.05) is 0 Å². The van der Waals surface area contributed by atoms with Crippen molar-refractivity contribution in [2.45, 2.75) is 12.8 Å². The summed E-state index contributed by atoms with van der Waals surface area (Å²) in [6.45, 7) is 7.60. The van der Waals surface area contributed by atoms with Gasteiger partial charge in [-0.3, -0.25) is 4.98 Å². The molecular formula is C19H17N. The number of benzene rings is 1. The number of hydrogen-bond acceptors (Lipinski definition) is 1. The summed E-state index contributed by atoms with van der Waals surface area (Å²) in [6.07, 6.45) is 12.7. The molecule has 0 N–H and O–H groups in total. The molecule has 1 heterocycles. The molecule has 2 aromatic rings. The largest absolute Gasteiger partial charge is 0.256 e. The number of rotatable bonds is 5. The zero-order valence-electron chi connectivity index (χ0n) is 11.5. The molecule has 0 aliphatic heterocycles. The van der Waals surface area contributed by atoms with E-state index < -0.39 is 0 Å². The first-order valence-corrected chi connectivity index (χ1v) is 6.56. The molecule has 20 heavy (non-hydrogen) atoms. The quantitative estimate of drug-likeness (QED) is 0.736. The molecule has 98 valence electrons. The topological polar surface area (TPSA) is 12.9 Å². The van der Waals surface area contributed by atoms with Crippen LogP contribution in [0, 0.1) is 12.3 Å². The maximum absolute atomic E-state index is 5.43. The van der Waals surface area contributed by atoms with Crippen LogP contribution in [-0.2, 0) is 12.8 Å². The van der Waals surface area contributed by atoms with Gasteiger partial charge >= 0.3 is 0 Å². The Labute approximate surface area is 120 Å². The van der Waals surface area contributed by atoms with Crippen molar-refractivity contribution in [1.29, 1.82) is 0 Å². The Morgan fingerprint density at radius 1 is 1.15 bits per heavy atom. The summed E-state index contributed by atoms with van der Waals surface area (Å²) in [5.74, 6) is 2.67. The van der Waals surface area contributed by atoms with Gasteiger partial charge in [0.25, 0.3) is 0 Å². The van der Waals surface area contributed by atoms with Crippen LogP contribution >= 0.6 is 0 Å². The molecule has 1 heteroatoms. The number of aryl methyl sites for hydroxylation is 2. The predicted octanol–water partition coefficient (Wildman–Crippen LogP) is 4.13. The van der Waals surface area contributed by atoms with Crippen molar-refractivity contribution in [3.8, 4) is 12.3 Å². The second-order valence-corrected chi connectivity index (χ2v) is 4.56. The van der Waals surface area contributed by atoms with E-state index in [2.05, 4.69) is 42.3 Å². The average Bonchev–Trinajstić information content (AvgIpc) is 2.52. The van der Waals surface area contributed by atoms with Crippen molar-refractivity contribution < 1.29 is 0 Å². The Bertz CT molecular complexity index is 674. The summed E-state index contributed by atoms with van der Waals surface area (Å²) >= 11 is 0. The zero-order chi connectivity index (χ0) is 14.4. The molecule has 1 nitrogen and oxygen atoms in total.